The van der Waals surface area contributed by atoms with Crippen LogP contribution in [-0.4, -0.2) is 53.4 Å². The summed E-state index contributed by atoms with van der Waals surface area (Å²) in [4.78, 5) is 31.4. The molecule has 2 fully saturated rings. The minimum atomic E-state index is -3.88. The molecule has 212 valence electrons. The third kappa shape index (κ3) is 6.10. The molecule has 1 aliphatic carbocycles. The minimum absolute atomic E-state index is 0.0412. The Balaban J connectivity index is 1.16. The number of sulfonamides is 1. The van der Waals surface area contributed by atoms with Gasteiger partial charge in [-0.2, -0.15) is 0 Å². The summed E-state index contributed by atoms with van der Waals surface area (Å²) in [6.45, 7) is 4.28. The number of fused-ring (bicyclic) bond motifs is 1. The maximum Gasteiger partial charge on any atom is 0.330 e. The normalized spacial score (nSPS) is 20.9. The second-order valence-electron chi connectivity index (χ2n) is 10.3. The summed E-state index contributed by atoms with van der Waals surface area (Å²) < 4.78 is 57.1. The summed E-state index contributed by atoms with van der Waals surface area (Å²) in [6.07, 6.45) is 5.93. The highest BCUT2D eigenvalue weighted by atomic mass is 32.2. The number of hydrogen-bond donors (Lipinski definition) is 2. The Bertz CT molecular complexity index is 1530. The molecule has 0 atom stereocenters. The van der Waals surface area contributed by atoms with E-state index in [4.69, 9.17) is 9.47 Å². The molecule has 0 radical (unpaired) electrons. The standard InChI is InChI=1S/C26H34FN5O6S/c1-2-31-16-28-24-23(31)25(33)30-26(34)32(24)15-18-5-3-17(4-6-18)14-29-39(35,36)20-7-8-22(21(27)13-20)38-19-9-11-37-12-10-19/h7-8,13,16-19,29H,2-6,9-12,14-15H2,1H3,(H,30,33,34). The van der Waals surface area contributed by atoms with E-state index < -0.39 is 27.1 Å². The molecule has 0 spiro atoms. The van der Waals surface area contributed by atoms with Crippen LogP contribution in [0.25, 0.3) is 11.2 Å². The van der Waals surface area contributed by atoms with Gasteiger partial charge in [0.25, 0.3) is 5.56 Å². The number of aromatic nitrogens is 4. The molecule has 1 saturated heterocycles. The van der Waals surface area contributed by atoms with Crippen molar-refractivity contribution in [1.82, 2.24) is 23.8 Å². The Hall–Kier alpha value is -3.03. The zero-order chi connectivity index (χ0) is 27.6. The van der Waals surface area contributed by atoms with Crippen LogP contribution in [0.2, 0.25) is 0 Å². The number of benzene rings is 1. The lowest BCUT2D eigenvalue weighted by molar-refractivity contribution is 0.0240. The second-order valence-corrected chi connectivity index (χ2v) is 12.1. The molecular weight excluding hydrogens is 529 g/mol. The van der Waals surface area contributed by atoms with Gasteiger partial charge in [0.1, 0.15) is 6.10 Å². The van der Waals surface area contributed by atoms with Gasteiger partial charge in [0.2, 0.25) is 10.0 Å². The van der Waals surface area contributed by atoms with E-state index in [0.717, 1.165) is 31.7 Å². The van der Waals surface area contributed by atoms with Crippen LogP contribution in [0.1, 0.15) is 45.4 Å². The third-order valence-electron chi connectivity index (χ3n) is 7.74. The molecule has 1 aliphatic heterocycles. The van der Waals surface area contributed by atoms with Crippen molar-refractivity contribution in [3.05, 3.63) is 51.2 Å². The van der Waals surface area contributed by atoms with Gasteiger partial charge in [0.05, 0.1) is 24.4 Å². The van der Waals surface area contributed by atoms with Gasteiger partial charge in [-0.1, -0.05) is 0 Å². The van der Waals surface area contributed by atoms with Crippen molar-refractivity contribution in [2.24, 2.45) is 11.8 Å². The fourth-order valence-corrected chi connectivity index (χ4v) is 6.56. The molecule has 13 heteroatoms. The Kier molecular flexibility index (Phi) is 8.19. The summed E-state index contributed by atoms with van der Waals surface area (Å²) in [5.74, 6) is -0.336. The van der Waals surface area contributed by atoms with Crippen LogP contribution in [0.3, 0.4) is 0 Å². The average Bonchev–Trinajstić information content (AvgIpc) is 3.37. The first kappa shape index (κ1) is 27.5. The monoisotopic (exact) mass is 563 g/mol. The quantitative estimate of drug-likeness (QED) is 0.408. The maximum absolute atomic E-state index is 14.6. The average molecular weight is 564 g/mol. The second kappa shape index (κ2) is 11.6. The van der Waals surface area contributed by atoms with Crippen LogP contribution in [0, 0.1) is 17.7 Å². The van der Waals surface area contributed by atoms with E-state index in [-0.39, 0.29) is 35.1 Å². The van der Waals surface area contributed by atoms with Crippen LogP contribution in [0.15, 0.2) is 39.0 Å². The highest BCUT2D eigenvalue weighted by Gasteiger charge is 2.26. The predicted molar refractivity (Wildman–Crippen MR) is 142 cm³/mol. The molecule has 0 bridgehead atoms. The molecule has 2 aromatic heterocycles. The van der Waals surface area contributed by atoms with Crippen molar-refractivity contribution in [1.29, 1.82) is 0 Å². The molecule has 2 aliphatic rings. The topological polar surface area (TPSA) is 137 Å². The third-order valence-corrected chi connectivity index (χ3v) is 9.16. The van der Waals surface area contributed by atoms with E-state index >= 15 is 0 Å². The molecule has 3 aromatic rings. The van der Waals surface area contributed by atoms with Crippen molar-refractivity contribution in [2.75, 3.05) is 19.8 Å². The first-order valence-electron chi connectivity index (χ1n) is 13.5. The molecule has 1 aromatic carbocycles. The highest BCUT2D eigenvalue weighted by molar-refractivity contribution is 7.89. The smallest absolute Gasteiger partial charge is 0.330 e. The first-order chi connectivity index (χ1) is 18.7. The predicted octanol–water partition coefficient (Wildman–Crippen LogP) is 2.39. The van der Waals surface area contributed by atoms with Gasteiger partial charge in [-0.15, -0.1) is 0 Å². The van der Waals surface area contributed by atoms with Gasteiger partial charge in [-0.25, -0.2) is 27.3 Å². The summed E-state index contributed by atoms with van der Waals surface area (Å²) in [6, 6.07) is 3.72. The number of aryl methyl sites for hydroxylation is 1. The summed E-state index contributed by atoms with van der Waals surface area (Å²) >= 11 is 0. The lowest BCUT2D eigenvalue weighted by atomic mass is 9.82. The number of hydrogen-bond acceptors (Lipinski definition) is 7. The molecular formula is C26H34FN5O6S. The van der Waals surface area contributed by atoms with Crippen molar-refractivity contribution in [3.8, 4) is 5.75 Å². The lowest BCUT2D eigenvalue weighted by Gasteiger charge is -2.29. The van der Waals surface area contributed by atoms with E-state index in [1.165, 1.54) is 16.7 Å². The Labute approximate surface area is 225 Å². The summed E-state index contributed by atoms with van der Waals surface area (Å²) in [7, 11) is -3.88. The fraction of sp³-hybridized carbons (Fsp3) is 0.577. The maximum atomic E-state index is 14.6. The van der Waals surface area contributed by atoms with E-state index in [9.17, 15) is 22.4 Å². The largest absolute Gasteiger partial charge is 0.487 e. The Morgan fingerprint density at radius 2 is 1.85 bits per heavy atom. The number of halogens is 1. The van der Waals surface area contributed by atoms with Crippen LogP contribution in [0.5, 0.6) is 5.75 Å². The van der Waals surface area contributed by atoms with Crippen molar-refractivity contribution >= 4 is 21.2 Å². The molecule has 39 heavy (non-hydrogen) atoms. The first-order valence-corrected chi connectivity index (χ1v) is 14.9. The molecule has 0 unspecified atom stereocenters. The van der Waals surface area contributed by atoms with Gasteiger partial charge < -0.3 is 14.0 Å². The number of nitrogens with one attached hydrogen (secondary N) is 2. The van der Waals surface area contributed by atoms with Crippen LogP contribution < -0.4 is 20.7 Å². The van der Waals surface area contributed by atoms with Gasteiger partial charge >= 0.3 is 5.69 Å². The van der Waals surface area contributed by atoms with Crippen LogP contribution in [-0.2, 0) is 27.8 Å². The lowest BCUT2D eigenvalue weighted by Crippen LogP contribution is -2.35. The Morgan fingerprint density at radius 1 is 1.13 bits per heavy atom. The van der Waals surface area contributed by atoms with Gasteiger partial charge in [-0.3, -0.25) is 14.3 Å². The van der Waals surface area contributed by atoms with E-state index in [1.54, 1.807) is 10.9 Å². The van der Waals surface area contributed by atoms with E-state index in [2.05, 4.69) is 14.7 Å². The van der Waals surface area contributed by atoms with Crippen LogP contribution >= 0.6 is 0 Å². The van der Waals surface area contributed by atoms with Crippen molar-refractivity contribution in [2.45, 2.75) is 69.5 Å². The van der Waals surface area contributed by atoms with Crippen LogP contribution in [0.4, 0.5) is 4.39 Å². The SMILES string of the molecule is CCn1cnc2c1c(=O)[nH]c(=O)n2CC1CCC(CNS(=O)(=O)c2ccc(OC3CCOCC3)c(F)c2)CC1. The van der Waals surface area contributed by atoms with Crippen molar-refractivity contribution in [3.63, 3.8) is 0 Å². The molecule has 5 rings (SSSR count). The number of imidazole rings is 1. The van der Waals surface area contributed by atoms with E-state index in [0.29, 0.717) is 50.3 Å². The van der Waals surface area contributed by atoms with Gasteiger partial charge in [-0.05, 0) is 62.6 Å². The molecule has 3 heterocycles. The van der Waals surface area contributed by atoms with E-state index in [1.807, 2.05) is 6.92 Å². The molecule has 1 saturated carbocycles. The number of aromatic amines is 1. The number of nitrogens with zero attached hydrogens (tertiary/aromatic N) is 3. The fourth-order valence-electron chi connectivity index (χ4n) is 5.44. The molecule has 2 N–H and O–H groups in total. The number of H-pyrrole nitrogens is 1. The van der Waals surface area contributed by atoms with Crippen molar-refractivity contribution < 1.29 is 22.3 Å². The minimum Gasteiger partial charge on any atom is -0.487 e. The molecule has 11 nitrogen and oxygen atoms in total. The zero-order valence-electron chi connectivity index (χ0n) is 21.9. The number of rotatable bonds is 9. The van der Waals surface area contributed by atoms with Gasteiger partial charge in [0.15, 0.2) is 22.7 Å². The Morgan fingerprint density at radius 3 is 2.54 bits per heavy atom. The number of ether oxygens (including phenoxy) is 2. The van der Waals surface area contributed by atoms with Gasteiger partial charge in [0, 0.05) is 32.5 Å². The zero-order valence-corrected chi connectivity index (χ0v) is 22.7. The summed E-state index contributed by atoms with van der Waals surface area (Å²) in [5.41, 5.74) is -0.139. The molecule has 0 amide bonds. The highest BCUT2D eigenvalue weighted by Crippen LogP contribution is 2.30. The summed E-state index contributed by atoms with van der Waals surface area (Å²) in [5, 5.41) is 0.